The Morgan fingerprint density at radius 1 is 1.35 bits per heavy atom. The van der Waals surface area contributed by atoms with E-state index in [0.717, 1.165) is 37.6 Å². The Hall–Kier alpha value is -1.79. The number of pyridine rings is 1. The van der Waals surface area contributed by atoms with Crippen molar-refractivity contribution in [2.45, 2.75) is 37.9 Å². The smallest absolute Gasteiger partial charge is 0.416 e. The molecule has 0 aliphatic carbocycles. The van der Waals surface area contributed by atoms with Crippen molar-refractivity contribution in [3.63, 3.8) is 0 Å². The molecule has 0 aromatic carbocycles. The van der Waals surface area contributed by atoms with Gasteiger partial charge in [-0.1, -0.05) is 12.8 Å². The maximum absolute atomic E-state index is 12.7. The lowest BCUT2D eigenvalue weighted by atomic mass is 10.1. The van der Waals surface area contributed by atoms with Gasteiger partial charge in [-0.2, -0.15) is 13.2 Å². The van der Waals surface area contributed by atoms with E-state index in [1.54, 1.807) is 0 Å². The molecule has 7 heteroatoms. The number of aromatic nitrogens is 1. The predicted molar refractivity (Wildman–Crippen MR) is 66.5 cm³/mol. The molecule has 1 saturated heterocycles. The van der Waals surface area contributed by atoms with Crippen molar-refractivity contribution in [2.75, 3.05) is 11.4 Å². The van der Waals surface area contributed by atoms with E-state index in [2.05, 4.69) is 4.98 Å². The number of rotatable bonds is 2. The molecule has 1 N–H and O–H groups in total. The molecule has 0 saturated carbocycles. The van der Waals surface area contributed by atoms with Gasteiger partial charge in [-0.3, -0.25) is 0 Å². The highest BCUT2D eigenvalue weighted by Crippen LogP contribution is 2.32. The third kappa shape index (κ3) is 3.20. The van der Waals surface area contributed by atoms with Gasteiger partial charge in [0.05, 0.1) is 5.56 Å². The fraction of sp³-hybridized carbons (Fsp3) is 0.538. The second-order valence-electron chi connectivity index (χ2n) is 4.80. The Bertz CT molecular complexity index is 491. The molecule has 1 aromatic rings. The molecule has 1 aromatic heterocycles. The van der Waals surface area contributed by atoms with Gasteiger partial charge in [0.2, 0.25) is 0 Å². The summed E-state index contributed by atoms with van der Waals surface area (Å²) < 4.78 is 38.1. The fourth-order valence-corrected chi connectivity index (χ4v) is 2.39. The van der Waals surface area contributed by atoms with Gasteiger partial charge in [0.15, 0.2) is 0 Å². The number of carbonyl (C=O) groups is 1. The van der Waals surface area contributed by atoms with Crippen molar-refractivity contribution in [1.82, 2.24) is 4.98 Å². The molecule has 2 rings (SSSR count). The standard InChI is InChI=1S/C13H15F3N2O2/c14-13(15,16)9-5-6-17-11(8-9)18-7-3-1-2-4-10(18)12(19)20/h5-6,8,10H,1-4,7H2,(H,19,20). The van der Waals surface area contributed by atoms with Crippen LogP contribution in [0.3, 0.4) is 0 Å². The monoisotopic (exact) mass is 288 g/mol. The van der Waals surface area contributed by atoms with Crippen LogP contribution in [-0.4, -0.2) is 28.6 Å². The van der Waals surface area contributed by atoms with Crippen LogP contribution in [0.15, 0.2) is 18.3 Å². The zero-order valence-corrected chi connectivity index (χ0v) is 10.7. The zero-order chi connectivity index (χ0) is 14.8. The molecular formula is C13H15F3N2O2. The van der Waals surface area contributed by atoms with Crippen LogP contribution < -0.4 is 4.90 Å². The van der Waals surface area contributed by atoms with Crippen LogP contribution in [-0.2, 0) is 11.0 Å². The minimum absolute atomic E-state index is 0.0779. The van der Waals surface area contributed by atoms with Gasteiger partial charge in [-0.05, 0) is 25.0 Å². The van der Waals surface area contributed by atoms with E-state index in [9.17, 15) is 23.1 Å². The Kier molecular flexibility index (Phi) is 4.15. The number of anilines is 1. The highest BCUT2D eigenvalue weighted by Gasteiger charge is 2.33. The summed E-state index contributed by atoms with van der Waals surface area (Å²) in [6.45, 7) is 0.408. The lowest BCUT2D eigenvalue weighted by Gasteiger charge is -2.28. The average molecular weight is 288 g/mol. The quantitative estimate of drug-likeness (QED) is 0.909. The summed E-state index contributed by atoms with van der Waals surface area (Å²) in [6, 6.07) is 0.992. The molecule has 0 bridgehead atoms. The summed E-state index contributed by atoms with van der Waals surface area (Å²) in [7, 11) is 0. The van der Waals surface area contributed by atoms with E-state index in [1.165, 1.54) is 4.90 Å². The number of hydrogen-bond acceptors (Lipinski definition) is 3. The van der Waals surface area contributed by atoms with Gasteiger partial charge >= 0.3 is 12.1 Å². The number of hydrogen-bond donors (Lipinski definition) is 1. The summed E-state index contributed by atoms with van der Waals surface area (Å²) in [5, 5.41) is 9.23. The van der Waals surface area contributed by atoms with Crippen molar-refractivity contribution in [3.05, 3.63) is 23.9 Å². The van der Waals surface area contributed by atoms with E-state index >= 15 is 0 Å². The maximum Gasteiger partial charge on any atom is 0.416 e. The van der Waals surface area contributed by atoms with E-state index in [0.29, 0.717) is 13.0 Å². The van der Waals surface area contributed by atoms with Gasteiger partial charge in [0.25, 0.3) is 0 Å². The van der Waals surface area contributed by atoms with Gasteiger partial charge < -0.3 is 10.0 Å². The van der Waals surface area contributed by atoms with Crippen molar-refractivity contribution >= 4 is 11.8 Å². The molecule has 20 heavy (non-hydrogen) atoms. The number of nitrogens with zero attached hydrogens (tertiary/aromatic N) is 2. The number of carboxylic acid groups (broad SMARTS) is 1. The molecule has 4 nitrogen and oxygen atoms in total. The van der Waals surface area contributed by atoms with Crippen LogP contribution in [0, 0.1) is 0 Å². The zero-order valence-electron chi connectivity index (χ0n) is 10.7. The number of carboxylic acids is 1. The number of aliphatic carboxylic acids is 1. The Morgan fingerprint density at radius 3 is 2.75 bits per heavy atom. The van der Waals surface area contributed by atoms with Crippen molar-refractivity contribution in [1.29, 1.82) is 0 Å². The first-order valence-corrected chi connectivity index (χ1v) is 6.42. The van der Waals surface area contributed by atoms with E-state index in [1.807, 2.05) is 0 Å². The van der Waals surface area contributed by atoms with E-state index in [4.69, 9.17) is 0 Å². The molecule has 1 unspecified atom stereocenters. The van der Waals surface area contributed by atoms with Crippen molar-refractivity contribution < 1.29 is 23.1 Å². The highest BCUT2D eigenvalue weighted by molar-refractivity contribution is 5.77. The van der Waals surface area contributed by atoms with Crippen LogP contribution in [0.4, 0.5) is 19.0 Å². The van der Waals surface area contributed by atoms with E-state index < -0.39 is 23.8 Å². The molecule has 1 aliphatic heterocycles. The van der Waals surface area contributed by atoms with Crippen LogP contribution in [0.2, 0.25) is 0 Å². The summed E-state index contributed by atoms with van der Waals surface area (Å²) in [6.07, 6.45) is -0.579. The largest absolute Gasteiger partial charge is 0.480 e. The average Bonchev–Trinajstić information content (AvgIpc) is 2.63. The Labute approximate surface area is 114 Å². The molecule has 1 atom stereocenters. The predicted octanol–water partition coefficient (Wildman–Crippen LogP) is 2.93. The highest BCUT2D eigenvalue weighted by atomic mass is 19.4. The topological polar surface area (TPSA) is 53.4 Å². The minimum Gasteiger partial charge on any atom is -0.480 e. The Balaban J connectivity index is 2.34. The fourth-order valence-electron chi connectivity index (χ4n) is 2.39. The first-order valence-electron chi connectivity index (χ1n) is 6.42. The molecule has 1 aliphatic rings. The molecule has 0 spiro atoms. The molecule has 110 valence electrons. The molecular weight excluding hydrogens is 273 g/mol. The summed E-state index contributed by atoms with van der Waals surface area (Å²) >= 11 is 0. The minimum atomic E-state index is -4.46. The SMILES string of the molecule is O=C(O)C1CCCCCN1c1cc(C(F)(F)F)ccn1. The summed E-state index contributed by atoms with van der Waals surface area (Å²) in [5.74, 6) is -0.944. The maximum atomic E-state index is 12.7. The first kappa shape index (κ1) is 14.6. The second kappa shape index (κ2) is 5.68. The van der Waals surface area contributed by atoms with Crippen LogP contribution in [0.25, 0.3) is 0 Å². The number of halogens is 3. The lowest BCUT2D eigenvalue weighted by molar-refractivity contribution is -0.138. The van der Waals surface area contributed by atoms with E-state index in [-0.39, 0.29) is 5.82 Å². The molecule has 0 radical (unpaired) electrons. The van der Waals surface area contributed by atoms with Crippen LogP contribution in [0.5, 0.6) is 0 Å². The summed E-state index contributed by atoms with van der Waals surface area (Å²) in [4.78, 5) is 16.7. The Morgan fingerprint density at radius 2 is 2.10 bits per heavy atom. The van der Waals surface area contributed by atoms with Crippen LogP contribution in [0.1, 0.15) is 31.2 Å². The number of alkyl halides is 3. The first-order chi connectivity index (χ1) is 9.39. The molecule has 1 fully saturated rings. The lowest BCUT2D eigenvalue weighted by Crippen LogP contribution is -2.41. The second-order valence-corrected chi connectivity index (χ2v) is 4.80. The molecule has 0 amide bonds. The third-order valence-electron chi connectivity index (χ3n) is 3.40. The van der Waals surface area contributed by atoms with Crippen molar-refractivity contribution in [2.24, 2.45) is 0 Å². The van der Waals surface area contributed by atoms with Gasteiger partial charge in [-0.25, -0.2) is 9.78 Å². The van der Waals surface area contributed by atoms with Gasteiger partial charge in [-0.15, -0.1) is 0 Å². The van der Waals surface area contributed by atoms with Crippen LogP contribution >= 0.6 is 0 Å². The normalized spacial score (nSPS) is 20.6. The molecule has 2 heterocycles. The third-order valence-corrected chi connectivity index (χ3v) is 3.40. The summed E-state index contributed by atoms with van der Waals surface area (Å²) in [5.41, 5.74) is -0.809. The van der Waals surface area contributed by atoms with Gasteiger partial charge in [0.1, 0.15) is 11.9 Å². The van der Waals surface area contributed by atoms with Crippen molar-refractivity contribution in [3.8, 4) is 0 Å². The van der Waals surface area contributed by atoms with Gasteiger partial charge in [0, 0.05) is 12.7 Å².